The van der Waals surface area contributed by atoms with Gasteiger partial charge in [-0.25, -0.2) is 4.98 Å². The highest BCUT2D eigenvalue weighted by atomic mass is 79.9. The molecular weight excluding hydrogens is 380 g/mol. The van der Waals surface area contributed by atoms with Crippen molar-refractivity contribution in [1.29, 1.82) is 0 Å². The molecule has 1 aromatic carbocycles. The molecule has 2 saturated carbocycles. The average Bonchev–Trinajstić information content (AvgIpc) is 3.33. The average molecular weight is 399 g/mol. The summed E-state index contributed by atoms with van der Waals surface area (Å²) in [5.41, 5.74) is 4.98. The first-order chi connectivity index (χ1) is 12.2. The predicted octanol–water partition coefficient (Wildman–Crippen LogP) is 4.08. The second kappa shape index (κ2) is 5.88. The number of aliphatic hydroxyl groups is 1. The van der Waals surface area contributed by atoms with Crippen LogP contribution in [-0.2, 0) is 0 Å². The Hall–Kier alpha value is -1.79. The van der Waals surface area contributed by atoms with E-state index >= 15 is 0 Å². The zero-order valence-corrected chi connectivity index (χ0v) is 15.4. The number of benzene rings is 1. The predicted molar refractivity (Wildman–Crippen MR) is 99.3 cm³/mol. The van der Waals surface area contributed by atoms with Crippen LogP contribution in [0.1, 0.15) is 43.3 Å². The van der Waals surface area contributed by atoms with Gasteiger partial charge in [-0.3, -0.25) is 9.67 Å². The molecule has 0 aliphatic heterocycles. The lowest BCUT2D eigenvalue weighted by atomic mass is 9.81. The van der Waals surface area contributed by atoms with Crippen LogP contribution in [0.15, 0.2) is 35.1 Å². The van der Waals surface area contributed by atoms with Gasteiger partial charge in [0.15, 0.2) is 0 Å². The van der Waals surface area contributed by atoms with Gasteiger partial charge in [0.1, 0.15) is 0 Å². The zero-order valence-electron chi connectivity index (χ0n) is 13.8. The molecule has 2 heterocycles. The molecule has 0 amide bonds. The van der Waals surface area contributed by atoms with Crippen molar-refractivity contribution in [3.8, 4) is 11.3 Å². The van der Waals surface area contributed by atoms with Crippen LogP contribution >= 0.6 is 15.9 Å². The van der Waals surface area contributed by atoms with E-state index in [1.54, 1.807) is 0 Å². The third-order valence-corrected chi connectivity index (χ3v) is 5.84. The second-order valence-electron chi connectivity index (χ2n) is 7.24. The summed E-state index contributed by atoms with van der Waals surface area (Å²) >= 11 is 3.48. The number of hydrogen-bond acceptors (Lipinski definition) is 4. The minimum atomic E-state index is 0.284. The summed E-state index contributed by atoms with van der Waals surface area (Å²) in [5.74, 6) is 0.994. The lowest BCUT2D eigenvalue weighted by Crippen LogP contribution is -2.29. The topological polar surface area (TPSA) is 63.8 Å². The van der Waals surface area contributed by atoms with Gasteiger partial charge >= 0.3 is 0 Å². The van der Waals surface area contributed by atoms with E-state index in [4.69, 9.17) is 10.1 Å². The first-order valence-electron chi connectivity index (χ1n) is 8.84. The smallest absolute Gasteiger partial charge is 0.0927 e. The van der Waals surface area contributed by atoms with E-state index in [-0.39, 0.29) is 6.61 Å². The zero-order chi connectivity index (χ0) is 17.0. The summed E-state index contributed by atoms with van der Waals surface area (Å²) in [4.78, 5) is 9.42. The van der Waals surface area contributed by atoms with E-state index in [9.17, 15) is 5.11 Å². The van der Waals surface area contributed by atoms with E-state index < -0.39 is 0 Å². The summed E-state index contributed by atoms with van der Waals surface area (Å²) in [6, 6.07) is 6.39. The van der Waals surface area contributed by atoms with E-state index in [2.05, 4.69) is 31.8 Å². The highest BCUT2D eigenvalue weighted by molar-refractivity contribution is 9.10. The molecule has 0 spiro atoms. The van der Waals surface area contributed by atoms with E-state index in [1.807, 2.05) is 24.4 Å². The van der Waals surface area contributed by atoms with Crippen molar-refractivity contribution in [2.24, 2.45) is 5.92 Å². The van der Waals surface area contributed by atoms with Crippen LogP contribution < -0.4 is 0 Å². The fraction of sp³-hybridized carbons (Fsp3) is 0.421. The lowest BCUT2D eigenvalue weighted by Gasteiger charge is -2.34. The third-order valence-electron chi connectivity index (χ3n) is 5.35. The van der Waals surface area contributed by atoms with Gasteiger partial charge in [0, 0.05) is 28.8 Å². The molecule has 3 aromatic rings. The Bertz CT molecular complexity index is 944. The van der Waals surface area contributed by atoms with Gasteiger partial charge in [-0.05, 0) is 49.8 Å². The van der Waals surface area contributed by atoms with Gasteiger partial charge < -0.3 is 5.11 Å². The molecular formula is C19H19BrN4O. The molecule has 2 aliphatic carbocycles. The molecule has 1 N–H and O–H groups in total. The number of rotatable bonds is 4. The molecule has 6 heteroatoms. The molecule has 128 valence electrons. The van der Waals surface area contributed by atoms with Crippen LogP contribution in [-0.4, -0.2) is 31.5 Å². The Balaban J connectivity index is 1.54. The van der Waals surface area contributed by atoms with Crippen molar-refractivity contribution in [2.75, 3.05) is 6.61 Å². The van der Waals surface area contributed by atoms with Crippen molar-refractivity contribution in [3.63, 3.8) is 0 Å². The van der Waals surface area contributed by atoms with Gasteiger partial charge in [-0.2, -0.15) is 5.10 Å². The molecule has 0 saturated heterocycles. The molecule has 5 nitrogen and oxygen atoms in total. The second-order valence-corrected chi connectivity index (χ2v) is 8.16. The number of fused-ring (bicyclic) bond motifs is 1. The molecule has 5 rings (SSSR count). The Morgan fingerprint density at radius 2 is 2.04 bits per heavy atom. The minimum Gasteiger partial charge on any atom is -0.396 e. The van der Waals surface area contributed by atoms with Gasteiger partial charge in [-0.15, -0.1) is 0 Å². The maximum Gasteiger partial charge on any atom is 0.0927 e. The van der Waals surface area contributed by atoms with E-state index in [1.165, 1.54) is 18.5 Å². The molecule has 0 bridgehead atoms. The number of aliphatic hydroxyl groups excluding tert-OH is 1. The first kappa shape index (κ1) is 15.5. The molecule has 25 heavy (non-hydrogen) atoms. The molecule has 0 radical (unpaired) electrons. The Kier molecular flexibility index (Phi) is 3.64. The summed E-state index contributed by atoms with van der Waals surface area (Å²) in [6.45, 7) is 0.284. The van der Waals surface area contributed by atoms with Crippen molar-refractivity contribution >= 4 is 27.0 Å². The normalized spacial score (nSPS) is 23.0. The Morgan fingerprint density at radius 1 is 1.20 bits per heavy atom. The van der Waals surface area contributed by atoms with Crippen LogP contribution in [0.3, 0.4) is 0 Å². The molecule has 0 atom stereocenters. The van der Waals surface area contributed by atoms with Crippen LogP contribution in [0.4, 0.5) is 0 Å². The highest BCUT2D eigenvalue weighted by Gasteiger charge is 2.34. The third kappa shape index (κ3) is 2.77. The summed E-state index contributed by atoms with van der Waals surface area (Å²) < 4.78 is 3.11. The van der Waals surface area contributed by atoms with E-state index in [0.717, 1.165) is 39.6 Å². The molecule has 0 unspecified atom stereocenters. The van der Waals surface area contributed by atoms with Crippen LogP contribution in [0.25, 0.3) is 22.3 Å². The fourth-order valence-electron chi connectivity index (χ4n) is 3.63. The molecule has 2 fully saturated rings. The minimum absolute atomic E-state index is 0.284. The van der Waals surface area contributed by atoms with Gasteiger partial charge in [0.25, 0.3) is 0 Å². The van der Waals surface area contributed by atoms with Crippen LogP contribution in [0.2, 0.25) is 0 Å². The highest BCUT2D eigenvalue weighted by Crippen LogP contribution is 2.45. The number of hydrogen-bond donors (Lipinski definition) is 1. The maximum atomic E-state index is 9.26. The fourth-order valence-corrected chi connectivity index (χ4v) is 3.98. The Morgan fingerprint density at radius 3 is 2.80 bits per heavy atom. The maximum absolute atomic E-state index is 9.26. The summed E-state index contributed by atoms with van der Waals surface area (Å²) in [7, 11) is 0. The number of nitrogens with zero attached hydrogens (tertiary/aromatic N) is 4. The number of aromatic nitrogens is 4. The number of halogens is 1. The molecule has 2 aromatic heterocycles. The van der Waals surface area contributed by atoms with Crippen LogP contribution in [0.5, 0.6) is 0 Å². The van der Waals surface area contributed by atoms with Crippen molar-refractivity contribution < 1.29 is 5.11 Å². The standard InChI is InChI=1S/C19H19BrN4O/c20-13-3-4-16-17(7-13)21-8-18(22-16)15-9-24(14-5-11(6-14)10-25)23-19(15)12-1-2-12/h3-4,7-9,11-12,14,25H,1-2,5-6,10H2. The van der Waals surface area contributed by atoms with Crippen molar-refractivity contribution in [1.82, 2.24) is 19.7 Å². The Labute approximate surface area is 154 Å². The van der Waals surface area contributed by atoms with Crippen LogP contribution in [0, 0.1) is 5.92 Å². The summed E-state index contributed by atoms with van der Waals surface area (Å²) in [5, 5.41) is 14.1. The quantitative estimate of drug-likeness (QED) is 0.718. The van der Waals surface area contributed by atoms with E-state index in [0.29, 0.717) is 17.9 Å². The molecule has 2 aliphatic rings. The van der Waals surface area contributed by atoms with Gasteiger partial charge in [-0.1, -0.05) is 15.9 Å². The van der Waals surface area contributed by atoms with Crippen molar-refractivity contribution in [3.05, 3.63) is 40.8 Å². The SMILES string of the molecule is OCC1CC(n2cc(-c3cnc4cc(Br)ccc4n3)c(C3CC3)n2)C1. The van der Waals surface area contributed by atoms with Gasteiger partial charge in [0.2, 0.25) is 0 Å². The van der Waals surface area contributed by atoms with Crippen molar-refractivity contribution in [2.45, 2.75) is 37.6 Å². The summed E-state index contributed by atoms with van der Waals surface area (Å²) in [6.07, 6.45) is 8.45. The monoisotopic (exact) mass is 398 g/mol. The first-order valence-corrected chi connectivity index (χ1v) is 9.63. The largest absolute Gasteiger partial charge is 0.396 e. The van der Waals surface area contributed by atoms with Gasteiger partial charge in [0.05, 0.1) is 34.7 Å². The lowest BCUT2D eigenvalue weighted by molar-refractivity contribution is 0.105.